The molecule has 0 aromatic carbocycles. The van der Waals surface area contributed by atoms with Crippen molar-refractivity contribution in [3.8, 4) is 0 Å². The smallest absolute Gasteiger partial charge is 0.330 e. The van der Waals surface area contributed by atoms with Crippen molar-refractivity contribution in [2.24, 2.45) is 0 Å². The molecule has 0 aromatic rings. The molecule has 0 aliphatic carbocycles. The van der Waals surface area contributed by atoms with E-state index in [0.717, 1.165) is 12.8 Å². The number of carboxylic acid groups (broad SMARTS) is 1. The van der Waals surface area contributed by atoms with Gasteiger partial charge < -0.3 is 10.0 Å². The number of hydrogen-bond donors (Lipinski definition) is 1. The lowest BCUT2D eigenvalue weighted by Crippen LogP contribution is -1.99. The van der Waals surface area contributed by atoms with Crippen LogP contribution in [0.25, 0.3) is 0 Å². The van der Waals surface area contributed by atoms with Gasteiger partial charge in [-0.3, -0.25) is 0 Å². The quantitative estimate of drug-likeness (QED) is 0.684. The molecule has 13 heavy (non-hydrogen) atoms. The van der Waals surface area contributed by atoms with Crippen LogP contribution in [-0.4, -0.2) is 37.1 Å². The van der Waals surface area contributed by atoms with Gasteiger partial charge in [-0.15, -0.1) is 0 Å². The largest absolute Gasteiger partial charge is 0.478 e. The molecule has 78 valence electrons. The standard InChI is InChI=1S/C7H12O2.C3H9N/c1-3-4-5-6(2)7(8)9;1-4(2)3/h2-5H2,1H3,(H,8,9);1-3H3. The zero-order chi connectivity index (χ0) is 10.9. The third-order valence-electron chi connectivity index (χ3n) is 1.13. The summed E-state index contributed by atoms with van der Waals surface area (Å²) in [7, 11) is 6.00. The SMILES string of the molecule is C=C(CCCC)C(=O)O.CN(C)C. The molecule has 0 aliphatic heterocycles. The molecule has 0 atom stereocenters. The maximum atomic E-state index is 10.1. The second kappa shape index (κ2) is 9.26. The summed E-state index contributed by atoms with van der Waals surface area (Å²) in [5.74, 6) is -0.872. The lowest BCUT2D eigenvalue weighted by molar-refractivity contribution is -0.132. The van der Waals surface area contributed by atoms with Crippen LogP contribution in [0.4, 0.5) is 0 Å². The zero-order valence-corrected chi connectivity index (χ0v) is 9.13. The minimum absolute atomic E-state index is 0.317. The second-order valence-electron chi connectivity index (χ2n) is 3.35. The number of carbonyl (C=O) groups is 1. The molecular weight excluding hydrogens is 166 g/mol. The maximum Gasteiger partial charge on any atom is 0.330 e. The van der Waals surface area contributed by atoms with Crippen molar-refractivity contribution in [2.45, 2.75) is 26.2 Å². The Kier molecular flexibility index (Phi) is 10.5. The third-order valence-corrected chi connectivity index (χ3v) is 1.13. The Morgan fingerprint density at radius 1 is 1.38 bits per heavy atom. The first-order chi connectivity index (χ1) is 5.91. The van der Waals surface area contributed by atoms with Crippen molar-refractivity contribution < 1.29 is 9.90 Å². The molecule has 0 bridgehead atoms. The molecule has 0 saturated carbocycles. The van der Waals surface area contributed by atoms with Gasteiger partial charge in [0.1, 0.15) is 0 Å². The predicted molar refractivity (Wildman–Crippen MR) is 55.9 cm³/mol. The highest BCUT2D eigenvalue weighted by molar-refractivity contribution is 5.85. The zero-order valence-electron chi connectivity index (χ0n) is 9.13. The third kappa shape index (κ3) is 18.3. The van der Waals surface area contributed by atoms with E-state index in [9.17, 15) is 4.79 Å². The molecule has 0 aliphatic rings. The van der Waals surface area contributed by atoms with E-state index in [1.807, 2.05) is 33.0 Å². The summed E-state index contributed by atoms with van der Waals surface area (Å²) in [6, 6.07) is 0. The second-order valence-corrected chi connectivity index (χ2v) is 3.35. The lowest BCUT2D eigenvalue weighted by atomic mass is 10.1. The number of nitrogens with zero attached hydrogens (tertiary/aromatic N) is 1. The van der Waals surface area contributed by atoms with E-state index in [1.54, 1.807) is 0 Å². The molecule has 0 aromatic heterocycles. The van der Waals surface area contributed by atoms with Crippen molar-refractivity contribution in [3.05, 3.63) is 12.2 Å². The van der Waals surface area contributed by atoms with Crippen molar-refractivity contribution in [1.29, 1.82) is 0 Å². The number of hydrogen-bond acceptors (Lipinski definition) is 2. The fourth-order valence-corrected chi connectivity index (χ4v) is 0.497. The van der Waals surface area contributed by atoms with E-state index in [2.05, 4.69) is 6.58 Å². The molecule has 0 rings (SSSR count). The summed E-state index contributed by atoms with van der Waals surface area (Å²) < 4.78 is 0. The number of carboxylic acids is 1. The van der Waals surface area contributed by atoms with Gasteiger partial charge in [0, 0.05) is 5.57 Å². The Morgan fingerprint density at radius 2 is 1.77 bits per heavy atom. The summed E-state index contributed by atoms with van der Waals surface area (Å²) in [6.45, 7) is 5.42. The maximum absolute atomic E-state index is 10.1. The van der Waals surface area contributed by atoms with Gasteiger partial charge in [0.05, 0.1) is 0 Å². The van der Waals surface area contributed by atoms with E-state index >= 15 is 0 Å². The van der Waals surface area contributed by atoms with Crippen molar-refractivity contribution >= 4 is 5.97 Å². The van der Waals surface area contributed by atoms with Crippen LogP contribution in [0.5, 0.6) is 0 Å². The molecule has 0 radical (unpaired) electrons. The Labute approximate surface area is 81.1 Å². The molecule has 3 nitrogen and oxygen atoms in total. The van der Waals surface area contributed by atoms with Gasteiger partial charge in [-0.25, -0.2) is 4.79 Å². The molecular formula is C10H21NO2. The summed E-state index contributed by atoms with van der Waals surface area (Å²) in [4.78, 5) is 12.1. The average Bonchev–Trinajstić information content (AvgIpc) is 1.98. The highest BCUT2D eigenvalue weighted by Gasteiger charge is 2.00. The van der Waals surface area contributed by atoms with Gasteiger partial charge >= 0.3 is 5.97 Å². The Bertz CT molecular complexity index is 150. The van der Waals surface area contributed by atoms with Gasteiger partial charge in [-0.05, 0) is 34.0 Å². The molecule has 0 fully saturated rings. The Balaban J connectivity index is 0. The van der Waals surface area contributed by atoms with Crippen LogP contribution in [0.3, 0.4) is 0 Å². The first kappa shape index (κ1) is 14.7. The average molecular weight is 187 g/mol. The van der Waals surface area contributed by atoms with Gasteiger partial charge in [-0.2, -0.15) is 0 Å². The minimum Gasteiger partial charge on any atom is -0.478 e. The van der Waals surface area contributed by atoms with Crippen molar-refractivity contribution in [1.82, 2.24) is 4.90 Å². The van der Waals surface area contributed by atoms with E-state index in [4.69, 9.17) is 5.11 Å². The molecule has 0 heterocycles. The molecule has 1 N–H and O–H groups in total. The van der Waals surface area contributed by atoms with E-state index in [0.29, 0.717) is 12.0 Å². The predicted octanol–water partition coefficient (Wildman–Crippen LogP) is 2.00. The summed E-state index contributed by atoms with van der Waals surface area (Å²) in [5.41, 5.74) is 0.317. The first-order valence-electron chi connectivity index (χ1n) is 4.43. The normalized spacial score (nSPS) is 9.00. The van der Waals surface area contributed by atoms with Crippen LogP contribution in [0.1, 0.15) is 26.2 Å². The van der Waals surface area contributed by atoms with Crippen LogP contribution in [0.15, 0.2) is 12.2 Å². The summed E-state index contributed by atoms with van der Waals surface area (Å²) in [6.07, 6.45) is 2.56. The van der Waals surface area contributed by atoms with Gasteiger partial charge in [-0.1, -0.05) is 19.9 Å². The highest BCUT2D eigenvalue weighted by Crippen LogP contribution is 2.03. The molecule has 3 heteroatoms. The summed E-state index contributed by atoms with van der Waals surface area (Å²) >= 11 is 0. The number of unbranched alkanes of at least 4 members (excludes halogenated alkanes) is 1. The molecule has 0 saturated heterocycles. The molecule has 0 spiro atoms. The summed E-state index contributed by atoms with van der Waals surface area (Å²) in [5, 5.41) is 8.31. The Morgan fingerprint density at radius 3 is 2.00 bits per heavy atom. The molecule has 0 unspecified atom stereocenters. The Hall–Kier alpha value is -0.830. The van der Waals surface area contributed by atoms with E-state index < -0.39 is 5.97 Å². The van der Waals surface area contributed by atoms with Crippen LogP contribution < -0.4 is 0 Å². The van der Waals surface area contributed by atoms with Crippen LogP contribution in [0.2, 0.25) is 0 Å². The van der Waals surface area contributed by atoms with Crippen LogP contribution in [0, 0.1) is 0 Å². The van der Waals surface area contributed by atoms with E-state index in [1.165, 1.54) is 0 Å². The number of aliphatic carboxylic acids is 1. The number of rotatable bonds is 4. The molecule has 0 amide bonds. The van der Waals surface area contributed by atoms with Crippen LogP contribution >= 0.6 is 0 Å². The van der Waals surface area contributed by atoms with Gasteiger partial charge in [0.2, 0.25) is 0 Å². The lowest BCUT2D eigenvalue weighted by Gasteiger charge is -1.95. The van der Waals surface area contributed by atoms with Gasteiger partial charge in [0.15, 0.2) is 0 Å². The van der Waals surface area contributed by atoms with Crippen LogP contribution in [-0.2, 0) is 4.79 Å². The van der Waals surface area contributed by atoms with Crippen molar-refractivity contribution in [2.75, 3.05) is 21.1 Å². The van der Waals surface area contributed by atoms with E-state index in [-0.39, 0.29) is 0 Å². The monoisotopic (exact) mass is 187 g/mol. The fraction of sp³-hybridized carbons (Fsp3) is 0.700. The van der Waals surface area contributed by atoms with Crippen molar-refractivity contribution in [3.63, 3.8) is 0 Å². The highest BCUT2D eigenvalue weighted by atomic mass is 16.4. The first-order valence-corrected chi connectivity index (χ1v) is 4.43. The fourth-order valence-electron chi connectivity index (χ4n) is 0.497. The minimum atomic E-state index is -0.872. The van der Waals surface area contributed by atoms with Gasteiger partial charge in [0.25, 0.3) is 0 Å². The topological polar surface area (TPSA) is 40.5 Å².